The van der Waals surface area contributed by atoms with E-state index in [4.69, 9.17) is 0 Å². The molecule has 1 heterocycles. The largest absolute Gasteiger partial charge is 0.386 e. The van der Waals surface area contributed by atoms with Crippen molar-refractivity contribution < 1.29 is 14.3 Å². The van der Waals surface area contributed by atoms with Crippen LogP contribution in [0.15, 0.2) is 59.6 Å². The second-order valence-electron chi connectivity index (χ2n) is 5.52. The van der Waals surface area contributed by atoms with Crippen molar-refractivity contribution in [1.29, 1.82) is 0 Å². The van der Waals surface area contributed by atoms with Crippen LogP contribution in [0.4, 0.5) is 10.1 Å². The monoisotopic (exact) mass is 372 g/mol. The first-order chi connectivity index (χ1) is 12.6. The fourth-order valence-electron chi connectivity index (χ4n) is 2.45. The Morgan fingerprint density at radius 3 is 2.77 bits per heavy atom. The van der Waals surface area contributed by atoms with E-state index in [-0.39, 0.29) is 17.8 Å². The molecule has 2 N–H and O–H groups in total. The molecule has 0 aliphatic heterocycles. The summed E-state index contributed by atoms with van der Waals surface area (Å²) in [4.78, 5) is 13.3. The summed E-state index contributed by atoms with van der Waals surface area (Å²) in [7, 11) is 0. The van der Waals surface area contributed by atoms with E-state index in [0.717, 1.165) is 4.90 Å². The van der Waals surface area contributed by atoms with E-state index in [1.807, 2.05) is 24.5 Å². The highest BCUT2D eigenvalue weighted by Gasteiger charge is 2.16. The topological polar surface area (TPSA) is 80.0 Å². The third-order valence-corrected chi connectivity index (χ3v) is 4.55. The number of aliphatic hydroxyl groups is 1. The summed E-state index contributed by atoms with van der Waals surface area (Å²) < 4.78 is 15.0. The zero-order valence-corrected chi connectivity index (χ0v) is 14.8. The molecule has 0 saturated heterocycles. The number of rotatable bonds is 6. The van der Waals surface area contributed by atoms with Crippen molar-refractivity contribution in [3.8, 4) is 0 Å². The maximum atomic E-state index is 13.7. The Balaban J connectivity index is 1.69. The van der Waals surface area contributed by atoms with Crippen LogP contribution in [0.2, 0.25) is 0 Å². The lowest BCUT2D eigenvalue weighted by atomic mass is 10.1. The molecular formula is C18H17FN4O2S. The fourth-order valence-corrected chi connectivity index (χ4v) is 3.00. The lowest BCUT2D eigenvalue weighted by Gasteiger charge is -2.11. The lowest BCUT2D eigenvalue weighted by molar-refractivity contribution is 0.102. The number of para-hydroxylation sites is 1. The first-order valence-electron chi connectivity index (χ1n) is 7.85. The number of thioether (sulfide) groups is 1. The number of hydrogen-bond donors (Lipinski definition) is 2. The second-order valence-corrected chi connectivity index (χ2v) is 6.37. The second kappa shape index (κ2) is 8.11. The average molecular weight is 372 g/mol. The van der Waals surface area contributed by atoms with Gasteiger partial charge in [-0.25, -0.2) is 9.07 Å². The quantitative estimate of drug-likeness (QED) is 0.650. The first-order valence-corrected chi connectivity index (χ1v) is 9.08. The van der Waals surface area contributed by atoms with E-state index < -0.39 is 17.8 Å². The standard InChI is InChI=1S/C18H17FN4O2S/c1-26-17-9-5-4-8-14(17)20-18(25)15-10-23(22-21-15)11-16(24)12-6-2-3-7-13(12)19/h2-10,16,24H,11H2,1H3,(H,20,25)/t16-/m1/s1. The van der Waals surface area contributed by atoms with E-state index in [0.29, 0.717) is 5.69 Å². The average Bonchev–Trinajstić information content (AvgIpc) is 3.11. The molecule has 1 aromatic heterocycles. The Kier molecular flexibility index (Phi) is 5.65. The van der Waals surface area contributed by atoms with E-state index in [2.05, 4.69) is 15.6 Å². The van der Waals surface area contributed by atoms with Gasteiger partial charge in [-0.15, -0.1) is 16.9 Å². The van der Waals surface area contributed by atoms with Gasteiger partial charge in [0.2, 0.25) is 0 Å². The van der Waals surface area contributed by atoms with Crippen LogP contribution < -0.4 is 5.32 Å². The smallest absolute Gasteiger partial charge is 0.277 e. The van der Waals surface area contributed by atoms with Gasteiger partial charge in [-0.1, -0.05) is 35.5 Å². The molecule has 2 aromatic carbocycles. The molecule has 1 amide bonds. The molecule has 0 aliphatic rings. The molecule has 0 fully saturated rings. The highest BCUT2D eigenvalue weighted by molar-refractivity contribution is 7.98. The molecule has 0 aliphatic carbocycles. The third kappa shape index (κ3) is 4.09. The van der Waals surface area contributed by atoms with Crippen LogP contribution in [-0.4, -0.2) is 32.3 Å². The summed E-state index contributed by atoms with van der Waals surface area (Å²) in [6.45, 7) is -0.0113. The summed E-state index contributed by atoms with van der Waals surface area (Å²) in [5, 5.41) is 20.6. The lowest BCUT2D eigenvalue weighted by Crippen LogP contribution is -2.13. The number of carbonyl (C=O) groups excluding carboxylic acids is 1. The number of aromatic nitrogens is 3. The van der Waals surface area contributed by atoms with Gasteiger partial charge in [0.05, 0.1) is 18.4 Å². The van der Waals surface area contributed by atoms with Gasteiger partial charge in [-0.05, 0) is 24.5 Å². The zero-order valence-electron chi connectivity index (χ0n) is 14.0. The van der Waals surface area contributed by atoms with Gasteiger partial charge >= 0.3 is 0 Å². The number of amides is 1. The van der Waals surface area contributed by atoms with E-state index in [1.165, 1.54) is 34.8 Å². The summed E-state index contributed by atoms with van der Waals surface area (Å²) in [5.74, 6) is -0.898. The summed E-state index contributed by atoms with van der Waals surface area (Å²) >= 11 is 1.52. The highest BCUT2D eigenvalue weighted by Crippen LogP contribution is 2.25. The van der Waals surface area contributed by atoms with E-state index in [1.54, 1.807) is 18.2 Å². The minimum absolute atomic E-state index is 0.0113. The van der Waals surface area contributed by atoms with Gasteiger partial charge in [0, 0.05) is 10.5 Å². The minimum Gasteiger partial charge on any atom is -0.386 e. The fraction of sp³-hybridized carbons (Fsp3) is 0.167. The molecular weight excluding hydrogens is 355 g/mol. The normalized spacial score (nSPS) is 12.0. The van der Waals surface area contributed by atoms with Crippen molar-refractivity contribution in [2.24, 2.45) is 0 Å². The summed E-state index contributed by atoms with van der Waals surface area (Å²) in [5.41, 5.74) is 0.968. The molecule has 3 aromatic rings. The number of hydrogen-bond acceptors (Lipinski definition) is 5. The molecule has 0 spiro atoms. The van der Waals surface area contributed by atoms with Gasteiger partial charge in [0.25, 0.3) is 5.91 Å². The molecule has 0 radical (unpaired) electrons. The Hall–Kier alpha value is -2.71. The number of carbonyl (C=O) groups is 1. The van der Waals surface area contributed by atoms with Crippen molar-refractivity contribution in [2.45, 2.75) is 17.5 Å². The summed E-state index contributed by atoms with van der Waals surface area (Å²) in [6, 6.07) is 13.4. The van der Waals surface area contributed by atoms with Crippen LogP contribution >= 0.6 is 11.8 Å². The zero-order chi connectivity index (χ0) is 18.5. The van der Waals surface area contributed by atoms with Crippen LogP contribution in [-0.2, 0) is 6.54 Å². The van der Waals surface area contributed by atoms with Crippen molar-refractivity contribution >= 4 is 23.4 Å². The SMILES string of the molecule is CSc1ccccc1NC(=O)c1cn(C[C@@H](O)c2ccccc2F)nn1. The van der Waals surface area contributed by atoms with Crippen LogP contribution in [0.25, 0.3) is 0 Å². The molecule has 134 valence electrons. The van der Waals surface area contributed by atoms with Crippen LogP contribution in [0.1, 0.15) is 22.2 Å². The van der Waals surface area contributed by atoms with Crippen molar-refractivity contribution in [1.82, 2.24) is 15.0 Å². The number of halogens is 1. The van der Waals surface area contributed by atoms with E-state index in [9.17, 15) is 14.3 Å². The Labute approximate surface area is 154 Å². The maximum Gasteiger partial charge on any atom is 0.277 e. The molecule has 1 atom stereocenters. The molecule has 6 nitrogen and oxygen atoms in total. The molecule has 0 saturated carbocycles. The first kappa shape index (κ1) is 18.1. The Morgan fingerprint density at radius 1 is 1.27 bits per heavy atom. The number of benzene rings is 2. The van der Waals surface area contributed by atoms with Gasteiger partial charge < -0.3 is 10.4 Å². The van der Waals surface area contributed by atoms with Crippen LogP contribution in [0, 0.1) is 5.82 Å². The molecule has 0 bridgehead atoms. The van der Waals surface area contributed by atoms with Crippen molar-refractivity contribution in [2.75, 3.05) is 11.6 Å². The predicted octanol–water partition coefficient (Wildman–Crippen LogP) is 3.13. The van der Waals surface area contributed by atoms with Crippen LogP contribution in [0.5, 0.6) is 0 Å². The van der Waals surface area contributed by atoms with Gasteiger partial charge in [0.15, 0.2) is 5.69 Å². The van der Waals surface area contributed by atoms with Gasteiger partial charge in [-0.2, -0.15) is 0 Å². The number of nitrogens with one attached hydrogen (secondary N) is 1. The molecule has 26 heavy (non-hydrogen) atoms. The van der Waals surface area contributed by atoms with Crippen molar-refractivity contribution in [3.63, 3.8) is 0 Å². The van der Waals surface area contributed by atoms with Gasteiger partial charge in [-0.3, -0.25) is 4.79 Å². The molecule has 3 rings (SSSR count). The third-order valence-electron chi connectivity index (χ3n) is 3.75. The summed E-state index contributed by atoms with van der Waals surface area (Å²) in [6.07, 6.45) is 2.25. The molecule has 8 heteroatoms. The number of aliphatic hydroxyl groups excluding tert-OH is 1. The predicted molar refractivity (Wildman–Crippen MR) is 97.6 cm³/mol. The maximum absolute atomic E-state index is 13.7. The Morgan fingerprint density at radius 2 is 2.00 bits per heavy atom. The van der Waals surface area contributed by atoms with Crippen molar-refractivity contribution in [3.05, 3.63) is 71.8 Å². The number of anilines is 1. The van der Waals surface area contributed by atoms with Gasteiger partial charge in [0.1, 0.15) is 11.9 Å². The Bertz CT molecular complexity index is 915. The van der Waals surface area contributed by atoms with E-state index >= 15 is 0 Å². The number of nitrogens with zero attached hydrogens (tertiary/aromatic N) is 3. The molecule has 0 unspecified atom stereocenters. The highest BCUT2D eigenvalue weighted by atomic mass is 32.2. The van der Waals surface area contributed by atoms with Crippen LogP contribution in [0.3, 0.4) is 0 Å². The minimum atomic E-state index is -1.09.